The fourth-order valence-corrected chi connectivity index (χ4v) is 4.49. The zero-order valence-electron chi connectivity index (χ0n) is 18.9. The highest BCUT2D eigenvalue weighted by Crippen LogP contribution is 2.25. The van der Waals surface area contributed by atoms with Crippen LogP contribution in [0, 0.1) is 6.92 Å². The molecule has 2 saturated heterocycles. The monoisotopic (exact) mass is 449 g/mol. The van der Waals surface area contributed by atoms with E-state index in [2.05, 4.69) is 14.8 Å². The number of benzene rings is 1. The van der Waals surface area contributed by atoms with Crippen molar-refractivity contribution in [3.05, 3.63) is 52.0 Å². The largest absolute Gasteiger partial charge is 0.493 e. The molecule has 33 heavy (non-hydrogen) atoms. The number of methoxy groups -OCH3 is 1. The first-order valence-electron chi connectivity index (χ1n) is 11.3. The standard InChI is InChI=1S/C24H27N5O4/c1-16-14-20(27-8-3-4-9-27)26-24(25-16)29-12-10-28(11-13-29)22(30)18-15-17-6-5-7-19(32-2)21(17)33-23(18)31/h5-7,14-15H,3-4,8-13H2,1-2H3. The average Bonchev–Trinajstić information content (AvgIpc) is 3.38. The molecule has 3 aromatic rings. The second-order valence-corrected chi connectivity index (χ2v) is 8.47. The van der Waals surface area contributed by atoms with Crippen molar-refractivity contribution in [3.63, 3.8) is 0 Å². The molecule has 2 aliphatic heterocycles. The Balaban J connectivity index is 1.32. The van der Waals surface area contributed by atoms with Crippen LogP contribution in [-0.4, -0.2) is 67.2 Å². The predicted molar refractivity (Wildman–Crippen MR) is 125 cm³/mol. The SMILES string of the molecule is COc1cccc2cc(C(=O)N3CCN(c4nc(C)cc(N5CCCC5)n4)CC3)c(=O)oc12. The summed E-state index contributed by atoms with van der Waals surface area (Å²) in [5, 5.41) is 0.651. The van der Waals surface area contributed by atoms with Crippen LogP contribution in [0.1, 0.15) is 28.9 Å². The summed E-state index contributed by atoms with van der Waals surface area (Å²) >= 11 is 0. The second kappa shape index (κ2) is 8.73. The fourth-order valence-electron chi connectivity index (χ4n) is 4.49. The quantitative estimate of drug-likeness (QED) is 0.561. The summed E-state index contributed by atoms with van der Waals surface area (Å²) in [6.07, 6.45) is 2.38. The lowest BCUT2D eigenvalue weighted by atomic mass is 10.1. The number of ether oxygens (including phenoxy) is 1. The number of carbonyl (C=O) groups is 1. The van der Waals surface area contributed by atoms with Gasteiger partial charge in [-0.2, -0.15) is 4.98 Å². The van der Waals surface area contributed by atoms with Gasteiger partial charge >= 0.3 is 5.63 Å². The smallest absolute Gasteiger partial charge is 0.349 e. The lowest BCUT2D eigenvalue weighted by Gasteiger charge is -2.35. The Morgan fingerprint density at radius 3 is 2.48 bits per heavy atom. The van der Waals surface area contributed by atoms with Gasteiger partial charge in [-0.15, -0.1) is 0 Å². The van der Waals surface area contributed by atoms with E-state index in [0.717, 1.165) is 24.6 Å². The van der Waals surface area contributed by atoms with Crippen LogP contribution in [0.3, 0.4) is 0 Å². The van der Waals surface area contributed by atoms with Crippen LogP contribution in [0.15, 0.2) is 39.5 Å². The number of carbonyl (C=O) groups excluding carboxylic acids is 1. The summed E-state index contributed by atoms with van der Waals surface area (Å²) in [4.78, 5) is 41.2. The molecule has 9 nitrogen and oxygen atoms in total. The normalized spacial score (nSPS) is 16.5. The molecular formula is C24H27N5O4. The lowest BCUT2D eigenvalue weighted by Crippen LogP contribution is -2.50. The highest BCUT2D eigenvalue weighted by molar-refractivity contribution is 5.97. The van der Waals surface area contributed by atoms with Crippen molar-refractivity contribution in [1.82, 2.24) is 14.9 Å². The van der Waals surface area contributed by atoms with Crippen LogP contribution in [0.25, 0.3) is 11.0 Å². The number of aryl methyl sites for hydroxylation is 1. The maximum atomic E-state index is 13.1. The summed E-state index contributed by atoms with van der Waals surface area (Å²) in [5.41, 5.74) is 0.658. The number of piperazine rings is 1. The Kier molecular flexibility index (Phi) is 5.62. The van der Waals surface area contributed by atoms with Gasteiger partial charge in [-0.25, -0.2) is 9.78 Å². The maximum absolute atomic E-state index is 13.1. The highest BCUT2D eigenvalue weighted by Gasteiger charge is 2.27. The third-order valence-electron chi connectivity index (χ3n) is 6.28. The van der Waals surface area contributed by atoms with Gasteiger partial charge in [-0.3, -0.25) is 4.79 Å². The minimum Gasteiger partial charge on any atom is -0.493 e. The molecule has 2 aromatic heterocycles. The van der Waals surface area contributed by atoms with Gasteiger partial charge in [-0.1, -0.05) is 12.1 Å². The molecule has 1 amide bonds. The van der Waals surface area contributed by atoms with E-state index >= 15 is 0 Å². The van der Waals surface area contributed by atoms with E-state index in [4.69, 9.17) is 14.1 Å². The van der Waals surface area contributed by atoms with Gasteiger partial charge < -0.3 is 23.9 Å². The second-order valence-electron chi connectivity index (χ2n) is 8.47. The van der Waals surface area contributed by atoms with E-state index < -0.39 is 5.63 Å². The Morgan fingerprint density at radius 2 is 1.76 bits per heavy atom. The Hall–Kier alpha value is -3.62. The highest BCUT2D eigenvalue weighted by atomic mass is 16.5. The van der Waals surface area contributed by atoms with Crippen molar-refractivity contribution in [2.24, 2.45) is 0 Å². The molecule has 2 aliphatic rings. The minimum absolute atomic E-state index is 0.0346. The first-order chi connectivity index (χ1) is 16.0. The van der Waals surface area contributed by atoms with E-state index in [9.17, 15) is 9.59 Å². The number of para-hydroxylation sites is 1. The number of amides is 1. The fraction of sp³-hybridized carbons (Fsp3) is 0.417. The molecule has 5 rings (SSSR count). The average molecular weight is 450 g/mol. The van der Waals surface area contributed by atoms with Crippen LogP contribution >= 0.6 is 0 Å². The molecule has 0 saturated carbocycles. The predicted octanol–water partition coefficient (Wildman–Crippen LogP) is 2.46. The zero-order chi connectivity index (χ0) is 22.9. The van der Waals surface area contributed by atoms with E-state index in [1.54, 1.807) is 29.2 Å². The molecule has 2 fully saturated rings. The number of aromatic nitrogens is 2. The maximum Gasteiger partial charge on any atom is 0.349 e. The van der Waals surface area contributed by atoms with Crippen molar-refractivity contribution in [3.8, 4) is 5.75 Å². The van der Waals surface area contributed by atoms with E-state index in [0.29, 0.717) is 48.8 Å². The summed E-state index contributed by atoms with van der Waals surface area (Å²) in [6.45, 7) is 6.19. The number of anilines is 2. The van der Waals surface area contributed by atoms with Gasteiger partial charge in [0.25, 0.3) is 5.91 Å². The van der Waals surface area contributed by atoms with Gasteiger partial charge in [0.05, 0.1) is 7.11 Å². The third-order valence-corrected chi connectivity index (χ3v) is 6.28. The molecule has 0 N–H and O–H groups in total. The van der Waals surface area contributed by atoms with E-state index in [-0.39, 0.29) is 11.5 Å². The van der Waals surface area contributed by atoms with Crippen molar-refractivity contribution >= 4 is 28.6 Å². The number of hydrogen-bond donors (Lipinski definition) is 0. The van der Waals surface area contributed by atoms with Gasteiger partial charge in [-0.05, 0) is 31.9 Å². The van der Waals surface area contributed by atoms with Crippen LogP contribution < -0.4 is 20.2 Å². The van der Waals surface area contributed by atoms with E-state index in [1.807, 2.05) is 13.0 Å². The van der Waals surface area contributed by atoms with Crippen LogP contribution in [0.5, 0.6) is 5.75 Å². The first-order valence-corrected chi connectivity index (χ1v) is 11.3. The number of hydrogen-bond acceptors (Lipinski definition) is 8. The zero-order valence-corrected chi connectivity index (χ0v) is 18.9. The molecule has 0 bridgehead atoms. The topological polar surface area (TPSA) is 92.0 Å². The van der Waals surface area contributed by atoms with Crippen LogP contribution in [0.2, 0.25) is 0 Å². The molecule has 1 aromatic carbocycles. The Bertz CT molecular complexity index is 1240. The molecule has 0 spiro atoms. The molecule has 0 aliphatic carbocycles. The number of rotatable bonds is 4. The van der Waals surface area contributed by atoms with Crippen molar-refractivity contribution in [2.45, 2.75) is 19.8 Å². The molecule has 0 radical (unpaired) electrons. The molecule has 172 valence electrons. The summed E-state index contributed by atoms with van der Waals surface area (Å²) in [7, 11) is 1.51. The molecule has 0 atom stereocenters. The van der Waals surface area contributed by atoms with Gasteiger partial charge in [0.15, 0.2) is 11.3 Å². The van der Waals surface area contributed by atoms with Crippen LogP contribution in [0.4, 0.5) is 11.8 Å². The summed E-state index contributed by atoms with van der Waals surface area (Å²) < 4.78 is 10.7. The Morgan fingerprint density at radius 1 is 1.00 bits per heavy atom. The first kappa shape index (κ1) is 21.2. The van der Waals surface area contributed by atoms with E-state index in [1.165, 1.54) is 20.0 Å². The van der Waals surface area contributed by atoms with Crippen molar-refractivity contribution in [2.75, 3.05) is 56.2 Å². The molecule has 9 heteroatoms. The lowest BCUT2D eigenvalue weighted by molar-refractivity contribution is 0.0742. The van der Waals surface area contributed by atoms with Gasteiger partial charge in [0.1, 0.15) is 11.4 Å². The summed E-state index contributed by atoms with van der Waals surface area (Å²) in [6, 6.07) is 8.93. The van der Waals surface area contributed by atoms with Gasteiger partial charge in [0, 0.05) is 56.4 Å². The minimum atomic E-state index is -0.656. The molecule has 4 heterocycles. The third kappa shape index (κ3) is 4.10. The van der Waals surface area contributed by atoms with Crippen LogP contribution in [-0.2, 0) is 0 Å². The Labute approximate surface area is 191 Å². The molecular weight excluding hydrogens is 422 g/mol. The van der Waals surface area contributed by atoms with Crippen molar-refractivity contribution in [1.29, 1.82) is 0 Å². The number of fused-ring (bicyclic) bond motifs is 1. The number of nitrogens with zero attached hydrogens (tertiary/aromatic N) is 5. The summed E-state index contributed by atoms with van der Waals surface area (Å²) in [5.74, 6) is 1.80. The van der Waals surface area contributed by atoms with Crippen molar-refractivity contribution < 1.29 is 13.9 Å². The van der Waals surface area contributed by atoms with Gasteiger partial charge in [0.2, 0.25) is 5.95 Å². The molecule has 0 unspecified atom stereocenters.